The molecule has 1 aromatic rings. The molecule has 0 atom stereocenters. The Morgan fingerprint density at radius 2 is 2.06 bits per heavy atom. The highest BCUT2D eigenvalue weighted by molar-refractivity contribution is 5.78. The molecule has 0 radical (unpaired) electrons. The highest BCUT2D eigenvalue weighted by Crippen LogP contribution is 2.14. The first-order valence-corrected chi connectivity index (χ1v) is 5.63. The molecule has 0 spiro atoms. The van der Waals surface area contributed by atoms with Crippen LogP contribution in [0.3, 0.4) is 0 Å². The number of hydrogen-bond acceptors (Lipinski definition) is 7. The van der Waals surface area contributed by atoms with E-state index < -0.39 is 5.91 Å². The number of carbonyl (C=O) groups is 1. The largest absolute Gasteiger partial charge is 0.461 e. The third-order valence-electron chi connectivity index (χ3n) is 1.97. The third-order valence-corrected chi connectivity index (χ3v) is 1.97. The zero-order chi connectivity index (χ0) is 13.7. The number of rotatable bonds is 6. The summed E-state index contributed by atoms with van der Waals surface area (Å²) in [6.07, 6.45) is -0.0779. The topological polar surface area (TPSA) is 120 Å². The van der Waals surface area contributed by atoms with Gasteiger partial charge in [0.1, 0.15) is 0 Å². The minimum atomic E-state index is -0.470. The van der Waals surface area contributed by atoms with E-state index in [2.05, 4.69) is 15.0 Å². The first kappa shape index (κ1) is 13.9. The molecule has 0 bridgehead atoms. The van der Waals surface area contributed by atoms with E-state index in [1.807, 2.05) is 20.8 Å². The van der Waals surface area contributed by atoms with Crippen molar-refractivity contribution in [2.24, 2.45) is 5.73 Å². The van der Waals surface area contributed by atoms with Crippen molar-refractivity contribution in [3.05, 3.63) is 0 Å². The van der Waals surface area contributed by atoms with Crippen molar-refractivity contribution in [3.8, 4) is 6.01 Å². The number of primary amides is 1. The van der Waals surface area contributed by atoms with Crippen LogP contribution in [0.1, 0.15) is 20.8 Å². The second-order valence-corrected chi connectivity index (χ2v) is 3.92. The third kappa shape index (κ3) is 4.04. The fourth-order valence-electron chi connectivity index (χ4n) is 1.28. The van der Waals surface area contributed by atoms with E-state index in [4.69, 9.17) is 16.2 Å². The highest BCUT2D eigenvalue weighted by atomic mass is 16.5. The highest BCUT2D eigenvalue weighted by Gasteiger charge is 2.14. The van der Waals surface area contributed by atoms with Crippen molar-refractivity contribution in [3.63, 3.8) is 0 Å². The van der Waals surface area contributed by atoms with Crippen molar-refractivity contribution in [2.75, 3.05) is 23.7 Å². The number of likely N-dealkylation sites (N-methyl/N-ethyl adjacent to an activating group) is 1. The lowest BCUT2D eigenvalue weighted by Crippen LogP contribution is -2.35. The van der Waals surface area contributed by atoms with E-state index in [1.165, 1.54) is 0 Å². The molecule has 0 aliphatic rings. The van der Waals surface area contributed by atoms with E-state index >= 15 is 0 Å². The molecule has 4 N–H and O–H groups in total. The number of hydrogen-bond donors (Lipinski definition) is 2. The summed E-state index contributed by atoms with van der Waals surface area (Å²) in [6, 6.07) is 0.135. The van der Waals surface area contributed by atoms with Crippen molar-refractivity contribution in [1.82, 2.24) is 15.0 Å². The van der Waals surface area contributed by atoms with Gasteiger partial charge in [0.25, 0.3) is 0 Å². The predicted molar refractivity (Wildman–Crippen MR) is 67.1 cm³/mol. The molecule has 0 saturated carbocycles. The summed E-state index contributed by atoms with van der Waals surface area (Å²) in [4.78, 5) is 24.4. The Labute approximate surface area is 105 Å². The van der Waals surface area contributed by atoms with Crippen LogP contribution in [0.4, 0.5) is 11.9 Å². The van der Waals surface area contributed by atoms with Gasteiger partial charge in [0.05, 0.1) is 12.6 Å². The van der Waals surface area contributed by atoms with Gasteiger partial charge in [0.15, 0.2) is 0 Å². The number of nitrogen functional groups attached to an aromatic ring is 1. The summed E-state index contributed by atoms with van der Waals surface area (Å²) in [5.41, 5.74) is 10.7. The number of anilines is 2. The lowest BCUT2D eigenvalue weighted by Gasteiger charge is -2.19. The van der Waals surface area contributed by atoms with E-state index in [0.717, 1.165) is 0 Å². The van der Waals surface area contributed by atoms with Gasteiger partial charge in [-0.1, -0.05) is 0 Å². The monoisotopic (exact) mass is 254 g/mol. The second kappa shape index (κ2) is 5.99. The molecule has 1 aromatic heterocycles. The van der Waals surface area contributed by atoms with Gasteiger partial charge in [0.2, 0.25) is 17.8 Å². The van der Waals surface area contributed by atoms with Gasteiger partial charge in [-0.05, 0) is 20.8 Å². The molecule has 8 heteroatoms. The van der Waals surface area contributed by atoms with Gasteiger partial charge < -0.3 is 21.1 Å². The smallest absolute Gasteiger partial charge is 0.323 e. The predicted octanol–water partition coefficient (Wildman–Crippen LogP) is -0.447. The minimum Gasteiger partial charge on any atom is -0.461 e. The van der Waals surface area contributed by atoms with Crippen LogP contribution in [0.2, 0.25) is 0 Å². The van der Waals surface area contributed by atoms with Crippen molar-refractivity contribution in [2.45, 2.75) is 26.9 Å². The average molecular weight is 254 g/mol. The zero-order valence-corrected chi connectivity index (χ0v) is 10.8. The maximum absolute atomic E-state index is 10.9. The molecule has 8 nitrogen and oxygen atoms in total. The molecule has 100 valence electrons. The number of aromatic nitrogens is 3. The Hall–Kier alpha value is -2.12. The molecule has 1 heterocycles. The summed E-state index contributed by atoms with van der Waals surface area (Å²) in [5.74, 6) is -0.153. The maximum atomic E-state index is 10.9. The molecule has 0 fully saturated rings. The van der Waals surface area contributed by atoms with Gasteiger partial charge in [-0.2, -0.15) is 15.0 Å². The molecule has 0 aromatic carbocycles. The molecular weight excluding hydrogens is 236 g/mol. The zero-order valence-electron chi connectivity index (χ0n) is 10.8. The number of ether oxygens (including phenoxy) is 1. The molecule has 1 rings (SSSR count). The fraction of sp³-hybridized carbons (Fsp3) is 0.600. The summed E-state index contributed by atoms with van der Waals surface area (Å²) in [5, 5.41) is 0. The van der Waals surface area contributed by atoms with Gasteiger partial charge in [0, 0.05) is 6.54 Å². The summed E-state index contributed by atoms with van der Waals surface area (Å²) >= 11 is 0. The molecular formula is C10H18N6O2. The number of amides is 1. The standard InChI is InChI=1S/C10H18N6O2/c1-4-16(5-7(11)17)9-13-8(12)14-10(15-9)18-6(2)3/h6H,4-5H2,1-3H3,(H2,11,17)(H2,12,13,14,15). The van der Waals surface area contributed by atoms with E-state index in [-0.39, 0.29) is 30.6 Å². The van der Waals surface area contributed by atoms with Crippen LogP contribution in [0, 0.1) is 0 Å². The van der Waals surface area contributed by atoms with Gasteiger partial charge in [-0.25, -0.2) is 0 Å². The van der Waals surface area contributed by atoms with Crippen molar-refractivity contribution >= 4 is 17.8 Å². The Bertz CT molecular complexity index is 423. The number of nitrogens with zero attached hydrogens (tertiary/aromatic N) is 4. The minimum absolute atomic E-state index is 0.0150. The van der Waals surface area contributed by atoms with Crippen molar-refractivity contribution < 1.29 is 9.53 Å². The quantitative estimate of drug-likeness (QED) is 0.705. The fourth-order valence-corrected chi connectivity index (χ4v) is 1.28. The lowest BCUT2D eigenvalue weighted by molar-refractivity contribution is -0.116. The molecule has 1 amide bonds. The molecule has 0 aliphatic carbocycles. The lowest BCUT2D eigenvalue weighted by atomic mass is 10.5. The molecule has 0 unspecified atom stereocenters. The van der Waals surface area contributed by atoms with Gasteiger partial charge in [-0.3, -0.25) is 4.79 Å². The van der Waals surface area contributed by atoms with Crippen molar-refractivity contribution in [1.29, 1.82) is 0 Å². The molecule has 0 aliphatic heterocycles. The SMILES string of the molecule is CCN(CC(N)=O)c1nc(N)nc(OC(C)C)n1. The van der Waals surface area contributed by atoms with Crippen LogP contribution in [0.5, 0.6) is 6.01 Å². The Morgan fingerprint density at radius 3 is 2.56 bits per heavy atom. The normalized spacial score (nSPS) is 10.4. The van der Waals surface area contributed by atoms with E-state index in [1.54, 1.807) is 4.90 Å². The van der Waals surface area contributed by atoms with Gasteiger partial charge >= 0.3 is 6.01 Å². The second-order valence-electron chi connectivity index (χ2n) is 3.92. The van der Waals surface area contributed by atoms with Crippen LogP contribution in [0.15, 0.2) is 0 Å². The summed E-state index contributed by atoms with van der Waals surface area (Å²) in [7, 11) is 0. The van der Waals surface area contributed by atoms with Crippen LogP contribution in [0.25, 0.3) is 0 Å². The number of nitrogens with two attached hydrogens (primary N) is 2. The van der Waals surface area contributed by atoms with E-state index in [9.17, 15) is 4.79 Å². The van der Waals surface area contributed by atoms with E-state index in [0.29, 0.717) is 6.54 Å². The van der Waals surface area contributed by atoms with Crippen LogP contribution in [-0.4, -0.2) is 40.1 Å². The molecule has 0 saturated heterocycles. The Balaban J connectivity index is 2.99. The summed E-state index contributed by atoms with van der Waals surface area (Å²) < 4.78 is 5.35. The van der Waals surface area contributed by atoms with Crippen LogP contribution in [-0.2, 0) is 4.79 Å². The maximum Gasteiger partial charge on any atom is 0.323 e. The van der Waals surface area contributed by atoms with Crippen LogP contribution >= 0.6 is 0 Å². The summed E-state index contributed by atoms with van der Waals surface area (Å²) in [6.45, 7) is 6.09. The van der Waals surface area contributed by atoms with Crippen LogP contribution < -0.4 is 21.1 Å². The first-order valence-electron chi connectivity index (χ1n) is 5.63. The number of carbonyl (C=O) groups excluding carboxylic acids is 1. The van der Waals surface area contributed by atoms with Gasteiger partial charge in [-0.15, -0.1) is 0 Å². The Kier molecular flexibility index (Phi) is 4.64. The molecule has 18 heavy (non-hydrogen) atoms. The Morgan fingerprint density at radius 1 is 1.39 bits per heavy atom. The first-order chi connectivity index (χ1) is 8.42. The average Bonchev–Trinajstić information content (AvgIpc) is 2.23.